The van der Waals surface area contributed by atoms with Crippen molar-refractivity contribution in [3.63, 3.8) is 0 Å². The fourth-order valence-electron chi connectivity index (χ4n) is 4.02. The number of amidine groups is 1. The number of rotatable bonds is 7. The average molecular weight is 487 g/mol. The maximum Gasteiger partial charge on any atom is 0.348 e. The van der Waals surface area contributed by atoms with Crippen molar-refractivity contribution in [1.82, 2.24) is 14.8 Å². The molecule has 0 radical (unpaired) electrons. The molecule has 10 heteroatoms. The molecular formula is C26H26N6O4. The van der Waals surface area contributed by atoms with E-state index in [0.29, 0.717) is 47.5 Å². The number of nitrogen functional groups attached to an aromatic ring is 1. The van der Waals surface area contributed by atoms with Crippen LogP contribution in [0.5, 0.6) is 17.2 Å². The van der Waals surface area contributed by atoms with Crippen LogP contribution in [0.15, 0.2) is 71.5 Å². The van der Waals surface area contributed by atoms with Crippen molar-refractivity contribution in [2.75, 3.05) is 25.6 Å². The Kier molecular flexibility index (Phi) is 6.31. The minimum Gasteiger partial charge on any atom is -0.493 e. The van der Waals surface area contributed by atoms with Crippen molar-refractivity contribution in [1.29, 1.82) is 5.41 Å². The molecule has 3 aromatic carbocycles. The third-order valence-electron chi connectivity index (χ3n) is 5.81. The van der Waals surface area contributed by atoms with Gasteiger partial charge in [-0.3, -0.25) is 10.4 Å². The molecule has 0 spiro atoms. The van der Waals surface area contributed by atoms with Gasteiger partial charge >= 0.3 is 5.69 Å². The van der Waals surface area contributed by atoms with E-state index in [1.165, 1.54) is 4.68 Å². The molecule has 0 amide bonds. The maximum absolute atomic E-state index is 12.9. The first-order chi connectivity index (χ1) is 17.5. The number of hydrogen-bond donors (Lipinski definition) is 4. The summed E-state index contributed by atoms with van der Waals surface area (Å²) in [5, 5.41) is 15.7. The fraction of sp³-hybridized carbons (Fsp3) is 0.192. The summed E-state index contributed by atoms with van der Waals surface area (Å²) in [6.07, 6.45) is 0.756. The number of nitrogens with one attached hydrogen (secondary N) is 3. The van der Waals surface area contributed by atoms with E-state index in [4.69, 9.17) is 25.4 Å². The van der Waals surface area contributed by atoms with Crippen LogP contribution < -0.4 is 31.0 Å². The lowest BCUT2D eigenvalue weighted by atomic mass is 10.0. The molecule has 1 aliphatic heterocycles. The standard InChI is InChI=1S/C26H26N6O4/c1-34-20-14-17(15-21-23(20)36-13-5-12-35-21)22(29-18-10-8-16(9-11-18)24(27)28)25-30-26(33)32(31-25)19-6-3-2-4-7-19/h2-4,6-11,14-15,22,29H,5,12-13H2,1H3,(H3,27,28)(H,30,31,33). The Morgan fingerprint density at radius 1 is 1.14 bits per heavy atom. The summed E-state index contributed by atoms with van der Waals surface area (Å²) in [5.74, 6) is 2.01. The molecule has 2 heterocycles. The molecule has 1 unspecified atom stereocenters. The first-order valence-electron chi connectivity index (χ1n) is 11.5. The van der Waals surface area contributed by atoms with Crippen LogP contribution in [0.2, 0.25) is 0 Å². The molecule has 184 valence electrons. The summed E-state index contributed by atoms with van der Waals surface area (Å²) >= 11 is 0. The number of aromatic nitrogens is 3. The second-order valence-corrected chi connectivity index (χ2v) is 8.23. The molecule has 1 aliphatic rings. The summed E-state index contributed by atoms with van der Waals surface area (Å²) in [7, 11) is 1.57. The van der Waals surface area contributed by atoms with E-state index in [9.17, 15) is 4.79 Å². The van der Waals surface area contributed by atoms with E-state index in [1.807, 2.05) is 54.6 Å². The van der Waals surface area contributed by atoms with E-state index in [-0.39, 0.29) is 11.5 Å². The van der Waals surface area contributed by atoms with E-state index >= 15 is 0 Å². The Morgan fingerprint density at radius 3 is 2.61 bits per heavy atom. The number of anilines is 1. The first-order valence-corrected chi connectivity index (χ1v) is 11.5. The lowest BCUT2D eigenvalue weighted by Gasteiger charge is -2.21. The van der Waals surface area contributed by atoms with Crippen molar-refractivity contribution in [3.8, 4) is 22.9 Å². The second kappa shape index (κ2) is 9.87. The van der Waals surface area contributed by atoms with Gasteiger partial charge in [0, 0.05) is 17.7 Å². The predicted molar refractivity (Wildman–Crippen MR) is 136 cm³/mol. The summed E-state index contributed by atoms with van der Waals surface area (Å²) in [4.78, 5) is 15.7. The quantitative estimate of drug-likeness (QED) is 0.232. The Hall–Kier alpha value is -4.73. The summed E-state index contributed by atoms with van der Waals surface area (Å²) in [5.41, 5.74) is 7.98. The molecule has 1 atom stereocenters. The van der Waals surface area contributed by atoms with Gasteiger partial charge in [-0.05, 0) is 54.1 Å². The van der Waals surface area contributed by atoms with Gasteiger partial charge in [0.1, 0.15) is 11.9 Å². The van der Waals surface area contributed by atoms with Gasteiger partial charge in [-0.1, -0.05) is 18.2 Å². The Balaban J connectivity index is 1.61. The van der Waals surface area contributed by atoms with E-state index in [0.717, 1.165) is 17.7 Å². The van der Waals surface area contributed by atoms with Gasteiger partial charge in [-0.2, -0.15) is 4.68 Å². The molecule has 0 fully saturated rings. The summed E-state index contributed by atoms with van der Waals surface area (Å²) in [6, 6.07) is 19.5. The van der Waals surface area contributed by atoms with Gasteiger partial charge in [0.15, 0.2) is 17.3 Å². The molecule has 0 saturated carbocycles. The number of aromatic amines is 1. The molecule has 4 aromatic rings. The highest BCUT2D eigenvalue weighted by Crippen LogP contribution is 2.42. The number of H-pyrrole nitrogens is 1. The molecule has 1 aromatic heterocycles. The van der Waals surface area contributed by atoms with Crippen molar-refractivity contribution in [3.05, 3.63) is 94.2 Å². The van der Waals surface area contributed by atoms with Crippen LogP contribution in [0.1, 0.15) is 29.4 Å². The summed E-state index contributed by atoms with van der Waals surface area (Å²) < 4.78 is 18.7. The zero-order valence-corrected chi connectivity index (χ0v) is 19.7. The molecule has 5 rings (SSSR count). The number of para-hydroxylation sites is 1. The molecule has 0 bridgehead atoms. The SMILES string of the molecule is COc1cc(C(Nc2ccc(C(=N)N)cc2)c2nn(-c3ccccc3)c(=O)[nH]2)cc2c1OCCCO2. The van der Waals surface area contributed by atoms with Gasteiger partial charge in [-0.15, -0.1) is 5.10 Å². The molecular weight excluding hydrogens is 460 g/mol. The molecule has 10 nitrogen and oxygen atoms in total. The smallest absolute Gasteiger partial charge is 0.348 e. The van der Waals surface area contributed by atoms with Crippen molar-refractivity contribution in [2.45, 2.75) is 12.5 Å². The van der Waals surface area contributed by atoms with E-state index in [2.05, 4.69) is 15.4 Å². The van der Waals surface area contributed by atoms with E-state index in [1.54, 1.807) is 19.2 Å². The Morgan fingerprint density at radius 2 is 1.89 bits per heavy atom. The second-order valence-electron chi connectivity index (χ2n) is 8.23. The van der Waals surface area contributed by atoms with Crippen LogP contribution in [0.25, 0.3) is 5.69 Å². The van der Waals surface area contributed by atoms with Gasteiger partial charge in [0.2, 0.25) is 5.75 Å². The monoisotopic (exact) mass is 486 g/mol. The van der Waals surface area contributed by atoms with Crippen molar-refractivity contribution < 1.29 is 14.2 Å². The number of nitrogens with zero attached hydrogens (tertiary/aromatic N) is 2. The predicted octanol–water partition coefficient (Wildman–Crippen LogP) is 3.22. The topological polar surface area (TPSA) is 140 Å². The van der Waals surface area contributed by atoms with E-state index < -0.39 is 6.04 Å². The highest BCUT2D eigenvalue weighted by atomic mass is 16.5. The number of benzene rings is 3. The third-order valence-corrected chi connectivity index (χ3v) is 5.81. The molecule has 0 aliphatic carbocycles. The van der Waals surface area contributed by atoms with Crippen LogP contribution in [0, 0.1) is 5.41 Å². The minimum absolute atomic E-state index is 0.0170. The summed E-state index contributed by atoms with van der Waals surface area (Å²) in [6.45, 7) is 1.05. The van der Waals surface area contributed by atoms with Gasteiger partial charge in [0.05, 0.1) is 26.0 Å². The largest absolute Gasteiger partial charge is 0.493 e. The van der Waals surface area contributed by atoms with Gasteiger partial charge in [0.25, 0.3) is 0 Å². The molecule has 36 heavy (non-hydrogen) atoms. The Labute approximate surface area is 207 Å². The van der Waals surface area contributed by atoms with Crippen LogP contribution in [0.4, 0.5) is 5.69 Å². The fourth-order valence-corrected chi connectivity index (χ4v) is 4.02. The molecule has 0 saturated heterocycles. The number of hydrogen-bond acceptors (Lipinski definition) is 7. The van der Waals surface area contributed by atoms with Crippen molar-refractivity contribution in [2.24, 2.45) is 5.73 Å². The van der Waals surface area contributed by atoms with Crippen LogP contribution in [-0.2, 0) is 0 Å². The highest BCUT2D eigenvalue weighted by Gasteiger charge is 2.25. The zero-order chi connectivity index (χ0) is 25.1. The normalized spacial score (nSPS) is 13.5. The first kappa shape index (κ1) is 23.0. The highest BCUT2D eigenvalue weighted by molar-refractivity contribution is 5.95. The third kappa shape index (κ3) is 4.61. The molecule has 5 N–H and O–H groups in total. The Bertz CT molecular complexity index is 1430. The number of nitrogens with two attached hydrogens (primary N) is 1. The number of ether oxygens (including phenoxy) is 3. The van der Waals surface area contributed by atoms with Crippen LogP contribution in [0.3, 0.4) is 0 Å². The zero-order valence-electron chi connectivity index (χ0n) is 19.7. The van der Waals surface area contributed by atoms with Gasteiger partial charge in [-0.25, -0.2) is 4.79 Å². The lowest BCUT2D eigenvalue weighted by molar-refractivity contribution is 0.289. The average Bonchev–Trinajstić information content (AvgIpc) is 3.12. The van der Waals surface area contributed by atoms with Gasteiger partial charge < -0.3 is 25.3 Å². The van der Waals surface area contributed by atoms with Crippen LogP contribution >= 0.6 is 0 Å². The number of fused-ring (bicyclic) bond motifs is 1. The maximum atomic E-state index is 12.9. The van der Waals surface area contributed by atoms with Crippen molar-refractivity contribution >= 4 is 11.5 Å². The van der Waals surface area contributed by atoms with Crippen LogP contribution in [-0.4, -0.2) is 40.9 Å². The number of methoxy groups -OCH3 is 1. The minimum atomic E-state index is -0.572. The lowest BCUT2D eigenvalue weighted by Crippen LogP contribution is -2.16.